The van der Waals surface area contributed by atoms with Crippen molar-refractivity contribution in [2.24, 2.45) is 17.4 Å². The van der Waals surface area contributed by atoms with Crippen molar-refractivity contribution in [3.05, 3.63) is 29.8 Å². The van der Waals surface area contributed by atoms with Crippen LogP contribution in [0.5, 0.6) is 5.75 Å². The molecular weight excluding hydrogens is 514 g/mol. The highest BCUT2D eigenvalue weighted by atomic mass is 16.4. The fourth-order valence-corrected chi connectivity index (χ4v) is 3.53. The summed E-state index contributed by atoms with van der Waals surface area (Å²) in [5.74, 6) is -6.10. The largest absolute Gasteiger partial charge is 0.508 e. The number of nitrogens with two attached hydrogens (primary N) is 2. The Morgan fingerprint density at radius 2 is 1.44 bits per heavy atom. The fourth-order valence-electron chi connectivity index (χ4n) is 3.53. The zero-order valence-electron chi connectivity index (χ0n) is 21.9. The Labute approximate surface area is 225 Å². The lowest BCUT2D eigenvalue weighted by molar-refractivity contribution is -0.143. The number of primary amides is 1. The topological polar surface area (TPSA) is 251 Å². The van der Waals surface area contributed by atoms with Gasteiger partial charge in [0.2, 0.25) is 23.6 Å². The number of phenolic OH excluding ortho intramolecular Hbond substituents is 1. The summed E-state index contributed by atoms with van der Waals surface area (Å²) in [6.07, 6.45) is -0.705. The summed E-state index contributed by atoms with van der Waals surface area (Å²) in [5.41, 5.74) is 11.4. The molecule has 39 heavy (non-hydrogen) atoms. The first-order valence-corrected chi connectivity index (χ1v) is 12.4. The number of aliphatic carboxylic acids is 2. The molecule has 0 fully saturated rings. The molecule has 10 N–H and O–H groups in total. The van der Waals surface area contributed by atoms with Crippen LogP contribution >= 0.6 is 0 Å². The molecule has 0 bridgehead atoms. The number of hydrogen-bond donors (Lipinski definition) is 8. The maximum Gasteiger partial charge on any atom is 0.326 e. The standard InChI is InChI=1S/C25H37N5O9/c1-3-13(2)21(30-22(35)16(26)8-10-19(27)32)24(37)29-18(12-14-4-6-15(31)7-5-14)23(36)28-17(25(38)39)9-11-20(33)34/h4-7,13,16-18,21,31H,3,8-12,26H2,1-2H3,(H2,27,32)(H,28,36)(H,29,37)(H,30,35)(H,33,34)(H,38,39). The van der Waals surface area contributed by atoms with E-state index < -0.39 is 72.1 Å². The predicted molar refractivity (Wildman–Crippen MR) is 138 cm³/mol. The molecule has 216 valence electrons. The summed E-state index contributed by atoms with van der Waals surface area (Å²) in [6, 6.07) is 0.669. The van der Waals surface area contributed by atoms with Crippen LogP contribution in [0.1, 0.15) is 51.5 Å². The van der Waals surface area contributed by atoms with Crippen LogP contribution < -0.4 is 27.4 Å². The van der Waals surface area contributed by atoms with Crippen LogP contribution in [0.25, 0.3) is 0 Å². The first-order chi connectivity index (χ1) is 18.2. The first kappa shape index (κ1) is 32.8. The monoisotopic (exact) mass is 551 g/mol. The second kappa shape index (κ2) is 15.9. The number of benzene rings is 1. The second-order valence-corrected chi connectivity index (χ2v) is 9.25. The van der Waals surface area contributed by atoms with Crippen LogP contribution in [0, 0.1) is 5.92 Å². The number of rotatable bonds is 17. The summed E-state index contributed by atoms with van der Waals surface area (Å²) in [7, 11) is 0. The van der Waals surface area contributed by atoms with E-state index in [1.165, 1.54) is 24.3 Å². The SMILES string of the molecule is CCC(C)C(NC(=O)C(N)CCC(N)=O)C(=O)NC(Cc1ccc(O)cc1)C(=O)NC(CCC(=O)O)C(=O)O. The summed E-state index contributed by atoms with van der Waals surface area (Å²) in [6.45, 7) is 3.48. The van der Waals surface area contributed by atoms with E-state index in [1.807, 2.05) is 0 Å². The number of nitrogens with one attached hydrogen (secondary N) is 3. The quantitative estimate of drug-likeness (QED) is 0.117. The van der Waals surface area contributed by atoms with Crippen molar-refractivity contribution >= 4 is 35.6 Å². The molecule has 5 unspecified atom stereocenters. The molecular formula is C25H37N5O9. The molecule has 1 aromatic carbocycles. The lowest BCUT2D eigenvalue weighted by atomic mass is 9.96. The van der Waals surface area contributed by atoms with E-state index in [0.29, 0.717) is 12.0 Å². The van der Waals surface area contributed by atoms with Crippen molar-refractivity contribution in [1.82, 2.24) is 16.0 Å². The number of carboxylic acid groups (broad SMARTS) is 2. The molecule has 5 atom stereocenters. The number of amides is 4. The average Bonchev–Trinajstić information content (AvgIpc) is 2.87. The highest BCUT2D eigenvalue weighted by molar-refractivity contribution is 5.94. The van der Waals surface area contributed by atoms with Crippen LogP contribution in [0.4, 0.5) is 0 Å². The van der Waals surface area contributed by atoms with Crippen LogP contribution in [0.3, 0.4) is 0 Å². The minimum Gasteiger partial charge on any atom is -0.508 e. The summed E-state index contributed by atoms with van der Waals surface area (Å²) in [4.78, 5) is 72.5. The van der Waals surface area contributed by atoms with E-state index in [4.69, 9.17) is 16.6 Å². The van der Waals surface area contributed by atoms with Gasteiger partial charge in [0.15, 0.2) is 0 Å². The summed E-state index contributed by atoms with van der Waals surface area (Å²) < 4.78 is 0. The number of phenols is 1. The van der Waals surface area contributed by atoms with Gasteiger partial charge >= 0.3 is 11.9 Å². The smallest absolute Gasteiger partial charge is 0.326 e. The van der Waals surface area contributed by atoms with Crippen LogP contribution in [-0.2, 0) is 35.2 Å². The van der Waals surface area contributed by atoms with Gasteiger partial charge in [0.25, 0.3) is 0 Å². The molecule has 0 saturated heterocycles. The number of aromatic hydroxyl groups is 1. The third kappa shape index (κ3) is 11.8. The maximum atomic E-state index is 13.3. The molecule has 0 spiro atoms. The number of carbonyl (C=O) groups is 6. The van der Waals surface area contributed by atoms with Gasteiger partial charge in [-0.1, -0.05) is 32.4 Å². The molecule has 0 aliphatic rings. The van der Waals surface area contributed by atoms with Crippen molar-refractivity contribution in [3.8, 4) is 5.75 Å². The van der Waals surface area contributed by atoms with Crippen molar-refractivity contribution in [1.29, 1.82) is 0 Å². The van der Waals surface area contributed by atoms with E-state index in [2.05, 4.69) is 16.0 Å². The van der Waals surface area contributed by atoms with Gasteiger partial charge in [0.1, 0.15) is 23.9 Å². The molecule has 14 heteroatoms. The highest BCUT2D eigenvalue weighted by Crippen LogP contribution is 2.14. The molecule has 14 nitrogen and oxygen atoms in total. The Balaban J connectivity index is 3.17. The van der Waals surface area contributed by atoms with Gasteiger partial charge in [-0.3, -0.25) is 24.0 Å². The molecule has 0 saturated carbocycles. The van der Waals surface area contributed by atoms with Crippen molar-refractivity contribution in [2.75, 3.05) is 0 Å². The van der Waals surface area contributed by atoms with Crippen LogP contribution in [0.15, 0.2) is 24.3 Å². The van der Waals surface area contributed by atoms with Crippen LogP contribution in [0.2, 0.25) is 0 Å². The molecule has 0 aliphatic carbocycles. The third-order valence-corrected chi connectivity index (χ3v) is 6.10. The van der Waals surface area contributed by atoms with Gasteiger partial charge in [0, 0.05) is 19.3 Å². The van der Waals surface area contributed by atoms with E-state index in [9.17, 15) is 39.0 Å². The van der Waals surface area contributed by atoms with Crippen LogP contribution in [-0.4, -0.2) is 75.1 Å². The normalized spacial score (nSPS) is 14.6. The van der Waals surface area contributed by atoms with Gasteiger partial charge in [-0.25, -0.2) is 4.79 Å². The Morgan fingerprint density at radius 1 is 0.846 bits per heavy atom. The lowest BCUT2D eigenvalue weighted by Crippen LogP contribution is -2.59. The molecule has 0 aliphatic heterocycles. The van der Waals surface area contributed by atoms with E-state index >= 15 is 0 Å². The Bertz CT molecular complexity index is 1030. The molecule has 0 aromatic heterocycles. The van der Waals surface area contributed by atoms with E-state index in [1.54, 1.807) is 13.8 Å². The van der Waals surface area contributed by atoms with Gasteiger partial charge < -0.3 is 42.7 Å². The van der Waals surface area contributed by atoms with Gasteiger partial charge in [-0.05, 0) is 36.5 Å². The molecule has 4 amide bonds. The van der Waals surface area contributed by atoms with Crippen molar-refractivity contribution in [2.45, 2.75) is 76.5 Å². The Morgan fingerprint density at radius 3 is 1.95 bits per heavy atom. The Kier molecular flexibility index (Phi) is 13.4. The number of carboxylic acids is 2. The molecule has 1 rings (SSSR count). The van der Waals surface area contributed by atoms with E-state index in [-0.39, 0.29) is 31.4 Å². The third-order valence-electron chi connectivity index (χ3n) is 6.10. The average molecular weight is 552 g/mol. The first-order valence-electron chi connectivity index (χ1n) is 12.4. The summed E-state index contributed by atoms with van der Waals surface area (Å²) >= 11 is 0. The predicted octanol–water partition coefficient (Wildman–Crippen LogP) is -1.02. The van der Waals surface area contributed by atoms with E-state index in [0.717, 1.165) is 0 Å². The molecule has 1 aromatic rings. The highest BCUT2D eigenvalue weighted by Gasteiger charge is 2.32. The fraction of sp³-hybridized carbons (Fsp3) is 0.520. The minimum atomic E-state index is -1.53. The van der Waals surface area contributed by atoms with Crippen molar-refractivity contribution in [3.63, 3.8) is 0 Å². The number of carbonyl (C=O) groups excluding carboxylic acids is 4. The number of hydrogen-bond acceptors (Lipinski definition) is 8. The Hall–Kier alpha value is -4.20. The van der Waals surface area contributed by atoms with Gasteiger partial charge in [-0.2, -0.15) is 0 Å². The molecule has 0 radical (unpaired) electrons. The maximum absolute atomic E-state index is 13.3. The molecule has 0 heterocycles. The zero-order chi connectivity index (χ0) is 29.7. The second-order valence-electron chi connectivity index (χ2n) is 9.25. The minimum absolute atomic E-state index is 0.0318. The van der Waals surface area contributed by atoms with Gasteiger partial charge in [-0.15, -0.1) is 0 Å². The zero-order valence-corrected chi connectivity index (χ0v) is 21.9. The van der Waals surface area contributed by atoms with Crippen molar-refractivity contribution < 1.29 is 44.1 Å². The van der Waals surface area contributed by atoms with Gasteiger partial charge in [0.05, 0.1) is 6.04 Å². The lowest BCUT2D eigenvalue weighted by Gasteiger charge is -2.28. The summed E-state index contributed by atoms with van der Waals surface area (Å²) in [5, 5.41) is 35.2.